The van der Waals surface area contributed by atoms with Crippen LogP contribution in [0.1, 0.15) is 206 Å². The van der Waals surface area contributed by atoms with Crippen molar-refractivity contribution >= 4 is 0 Å². The molecule has 0 heterocycles. The maximum absolute atomic E-state index is 10.3. The lowest BCUT2D eigenvalue weighted by atomic mass is 9.99. The number of allylic oxidation sites excluding steroid dienone is 8. The van der Waals surface area contributed by atoms with Crippen LogP contribution in [0.2, 0.25) is 0 Å². The number of hydrogen-bond donors (Lipinski definition) is 2. The minimum absolute atomic E-state index is 0.539. The van der Waals surface area contributed by atoms with Crippen molar-refractivity contribution in [3.63, 3.8) is 0 Å². The zero-order chi connectivity index (χ0) is 31.4. The minimum Gasteiger partial charge on any atom is -0.366 e. The summed E-state index contributed by atoms with van der Waals surface area (Å²) >= 11 is 0. The van der Waals surface area contributed by atoms with Crippen LogP contribution < -0.4 is 0 Å². The standard InChI is InChI=1S/C41H76O2/c1-3-5-7-9-11-13-15-17-19-21-23-25-27-29-31-33-35-37-39-41(42,43)40-38-36-34-32-30-28-26-24-22-20-18-16-14-12-10-8-6-4-2/h11-14,17-20,42-43H,3-10,15-16,21-40H2,1-2H3/b13-11-,14-12-,19-17-,20-18-. The van der Waals surface area contributed by atoms with Crippen molar-refractivity contribution in [1.29, 1.82) is 0 Å². The van der Waals surface area contributed by atoms with Crippen molar-refractivity contribution < 1.29 is 10.2 Å². The molecule has 0 rings (SSSR count). The molecule has 0 radical (unpaired) electrons. The van der Waals surface area contributed by atoms with E-state index in [1.807, 2.05) is 0 Å². The second-order valence-electron chi connectivity index (χ2n) is 13.1. The van der Waals surface area contributed by atoms with Crippen molar-refractivity contribution in [3.8, 4) is 0 Å². The van der Waals surface area contributed by atoms with Crippen LogP contribution in [0.15, 0.2) is 48.6 Å². The summed E-state index contributed by atoms with van der Waals surface area (Å²) in [5, 5.41) is 20.6. The number of hydrogen-bond acceptors (Lipinski definition) is 2. The summed E-state index contributed by atoms with van der Waals surface area (Å²) in [6.07, 6.45) is 54.5. The van der Waals surface area contributed by atoms with E-state index in [0.717, 1.165) is 38.5 Å². The molecule has 2 nitrogen and oxygen atoms in total. The highest BCUT2D eigenvalue weighted by Gasteiger charge is 2.21. The first kappa shape index (κ1) is 41.9. The van der Waals surface area contributed by atoms with E-state index in [-0.39, 0.29) is 0 Å². The monoisotopic (exact) mass is 601 g/mol. The molecule has 0 saturated heterocycles. The van der Waals surface area contributed by atoms with Gasteiger partial charge in [0.25, 0.3) is 0 Å². The molecule has 0 aromatic rings. The van der Waals surface area contributed by atoms with Crippen molar-refractivity contribution in [1.82, 2.24) is 0 Å². The van der Waals surface area contributed by atoms with Gasteiger partial charge in [-0.15, -0.1) is 0 Å². The molecule has 0 aromatic heterocycles. The van der Waals surface area contributed by atoms with Crippen LogP contribution >= 0.6 is 0 Å². The molecule has 0 bridgehead atoms. The van der Waals surface area contributed by atoms with Gasteiger partial charge in [0.05, 0.1) is 0 Å². The Morgan fingerprint density at radius 2 is 0.581 bits per heavy atom. The van der Waals surface area contributed by atoms with Crippen LogP contribution in [-0.4, -0.2) is 16.0 Å². The average Bonchev–Trinajstić information content (AvgIpc) is 3.00. The SMILES string of the molecule is CCCCC/C=C\C/C=C\CCCCCCCCCCC(O)(O)CCCCCCCCCC/C=C\C/C=C\CCCCC. The molecule has 2 heteroatoms. The van der Waals surface area contributed by atoms with E-state index in [2.05, 4.69) is 62.5 Å². The fraction of sp³-hybridized carbons (Fsp3) is 0.805. The summed E-state index contributed by atoms with van der Waals surface area (Å²) in [5.41, 5.74) is 0. The number of aliphatic hydroxyl groups is 2. The predicted octanol–water partition coefficient (Wildman–Crippen LogP) is 13.6. The highest BCUT2D eigenvalue weighted by molar-refractivity contribution is 4.93. The molecular formula is C41H76O2. The summed E-state index contributed by atoms with van der Waals surface area (Å²) in [5.74, 6) is -1.45. The molecule has 2 N–H and O–H groups in total. The Morgan fingerprint density at radius 3 is 0.884 bits per heavy atom. The summed E-state index contributed by atoms with van der Waals surface area (Å²) in [6.45, 7) is 4.51. The zero-order valence-corrected chi connectivity index (χ0v) is 29.2. The maximum Gasteiger partial charge on any atom is 0.162 e. The lowest BCUT2D eigenvalue weighted by Crippen LogP contribution is -2.27. The van der Waals surface area contributed by atoms with Crippen LogP contribution in [0.3, 0.4) is 0 Å². The molecule has 252 valence electrons. The fourth-order valence-electron chi connectivity index (χ4n) is 5.62. The van der Waals surface area contributed by atoms with Crippen molar-refractivity contribution in [3.05, 3.63) is 48.6 Å². The third-order valence-corrected chi connectivity index (χ3v) is 8.56. The van der Waals surface area contributed by atoms with Gasteiger partial charge in [0.2, 0.25) is 0 Å². The van der Waals surface area contributed by atoms with E-state index in [0.29, 0.717) is 12.8 Å². The smallest absolute Gasteiger partial charge is 0.162 e. The second-order valence-corrected chi connectivity index (χ2v) is 13.1. The molecule has 0 aliphatic carbocycles. The summed E-state index contributed by atoms with van der Waals surface area (Å²) in [6, 6.07) is 0. The first-order valence-corrected chi connectivity index (χ1v) is 19.2. The molecule has 0 unspecified atom stereocenters. The lowest BCUT2D eigenvalue weighted by molar-refractivity contribution is -0.172. The first-order chi connectivity index (χ1) is 21.1. The predicted molar refractivity (Wildman–Crippen MR) is 194 cm³/mol. The molecule has 0 fully saturated rings. The van der Waals surface area contributed by atoms with E-state index in [1.54, 1.807) is 0 Å². The molecule has 0 spiro atoms. The van der Waals surface area contributed by atoms with Gasteiger partial charge in [0.15, 0.2) is 5.79 Å². The third kappa shape index (κ3) is 37.0. The molecule has 0 aromatic carbocycles. The van der Waals surface area contributed by atoms with Crippen LogP contribution in [0.25, 0.3) is 0 Å². The summed E-state index contributed by atoms with van der Waals surface area (Å²) in [4.78, 5) is 0. The van der Waals surface area contributed by atoms with Gasteiger partial charge in [0.1, 0.15) is 0 Å². The molecule has 0 aliphatic heterocycles. The molecule has 43 heavy (non-hydrogen) atoms. The molecule has 0 atom stereocenters. The van der Waals surface area contributed by atoms with Gasteiger partial charge in [-0.2, -0.15) is 0 Å². The zero-order valence-electron chi connectivity index (χ0n) is 29.2. The largest absolute Gasteiger partial charge is 0.366 e. The van der Waals surface area contributed by atoms with Crippen LogP contribution in [0.5, 0.6) is 0 Å². The van der Waals surface area contributed by atoms with Gasteiger partial charge in [0, 0.05) is 12.8 Å². The number of unbranched alkanes of at least 4 members (excludes halogenated alkanes) is 22. The van der Waals surface area contributed by atoms with Crippen molar-refractivity contribution in [2.24, 2.45) is 0 Å². The minimum atomic E-state index is -1.45. The molecule has 0 saturated carbocycles. The first-order valence-electron chi connectivity index (χ1n) is 19.2. The molecule has 0 amide bonds. The normalized spacial score (nSPS) is 12.7. The Labute approximate surface area is 270 Å². The van der Waals surface area contributed by atoms with Crippen molar-refractivity contribution in [2.45, 2.75) is 212 Å². The summed E-state index contributed by atoms with van der Waals surface area (Å²) in [7, 11) is 0. The van der Waals surface area contributed by atoms with E-state index in [1.165, 1.54) is 141 Å². The van der Waals surface area contributed by atoms with E-state index in [9.17, 15) is 10.2 Å². The van der Waals surface area contributed by atoms with E-state index < -0.39 is 5.79 Å². The molecular weight excluding hydrogens is 524 g/mol. The second kappa shape index (κ2) is 35.4. The topological polar surface area (TPSA) is 40.5 Å². The number of rotatable bonds is 34. The quantitative estimate of drug-likeness (QED) is 0.0438. The Hall–Kier alpha value is -1.12. The van der Waals surface area contributed by atoms with Gasteiger partial charge < -0.3 is 10.2 Å². The Kier molecular flexibility index (Phi) is 34.4. The van der Waals surface area contributed by atoms with Crippen LogP contribution in [0, 0.1) is 0 Å². The van der Waals surface area contributed by atoms with E-state index in [4.69, 9.17) is 0 Å². The highest BCUT2D eigenvalue weighted by Crippen LogP contribution is 2.21. The van der Waals surface area contributed by atoms with Gasteiger partial charge in [-0.05, 0) is 77.0 Å². The van der Waals surface area contributed by atoms with Gasteiger partial charge >= 0.3 is 0 Å². The highest BCUT2D eigenvalue weighted by atomic mass is 16.5. The van der Waals surface area contributed by atoms with Gasteiger partial charge in [-0.1, -0.05) is 165 Å². The van der Waals surface area contributed by atoms with E-state index >= 15 is 0 Å². The van der Waals surface area contributed by atoms with Gasteiger partial charge in [-0.25, -0.2) is 0 Å². The third-order valence-electron chi connectivity index (χ3n) is 8.56. The van der Waals surface area contributed by atoms with Crippen LogP contribution in [0.4, 0.5) is 0 Å². The Balaban J connectivity index is 3.38. The maximum atomic E-state index is 10.3. The molecule has 0 aliphatic rings. The van der Waals surface area contributed by atoms with Gasteiger partial charge in [-0.3, -0.25) is 0 Å². The van der Waals surface area contributed by atoms with Crippen molar-refractivity contribution in [2.75, 3.05) is 0 Å². The van der Waals surface area contributed by atoms with Crippen LogP contribution in [-0.2, 0) is 0 Å². The average molecular weight is 601 g/mol. The summed E-state index contributed by atoms with van der Waals surface area (Å²) < 4.78 is 0. The Bertz CT molecular complexity index is 588. The fourth-order valence-corrected chi connectivity index (χ4v) is 5.62. The Morgan fingerprint density at radius 1 is 0.326 bits per heavy atom. The lowest BCUT2D eigenvalue weighted by Gasteiger charge is -2.21.